The lowest BCUT2D eigenvalue weighted by atomic mass is 10.3. The summed E-state index contributed by atoms with van der Waals surface area (Å²) in [5.74, 6) is -0.289. The third kappa shape index (κ3) is 2.35. The van der Waals surface area contributed by atoms with Crippen LogP contribution < -0.4 is 4.74 Å². The highest BCUT2D eigenvalue weighted by molar-refractivity contribution is 7.11. The van der Waals surface area contributed by atoms with E-state index in [2.05, 4.69) is 10.1 Å². The van der Waals surface area contributed by atoms with Crippen LogP contribution in [0.3, 0.4) is 0 Å². The van der Waals surface area contributed by atoms with E-state index in [0.29, 0.717) is 5.69 Å². The van der Waals surface area contributed by atoms with Crippen LogP contribution >= 0.6 is 11.3 Å². The van der Waals surface area contributed by atoms with Crippen LogP contribution in [-0.4, -0.2) is 25.8 Å². The molecule has 2 heterocycles. The summed E-state index contributed by atoms with van der Waals surface area (Å²) in [6.45, 7) is 4.03. The number of carbonyl (C=O) groups is 1. The molecule has 0 aromatic carbocycles. The molecule has 0 atom stereocenters. The van der Waals surface area contributed by atoms with Crippen LogP contribution in [-0.2, 0) is 13.7 Å². The molecule has 0 aliphatic rings. The number of carboxylic acids is 1. The summed E-state index contributed by atoms with van der Waals surface area (Å²) >= 11 is 1.09. The molecule has 1 N–H and O–H groups in total. The predicted octanol–water partition coefficient (Wildman–Crippen LogP) is 1.77. The summed E-state index contributed by atoms with van der Waals surface area (Å²) in [7, 11) is 1.85. The summed E-state index contributed by atoms with van der Waals surface area (Å²) in [5, 5.41) is 14.8. The Morgan fingerprint density at radius 3 is 2.78 bits per heavy atom. The van der Waals surface area contributed by atoms with Crippen molar-refractivity contribution in [2.75, 3.05) is 0 Å². The van der Waals surface area contributed by atoms with Crippen molar-refractivity contribution in [2.24, 2.45) is 7.05 Å². The maximum Gasteiger partial charge on any atom is 0.365 e. The molecule has 6 nitrogen and oxygen atoms in total. The van der Waals surface area contributed by atoms with Crippen molar-refractivity contribution in [3.8, 4) is 5.75 Å². The van der Waals surface area contributed by atoms with E-state index >= 15 is 0 Å². The van der Waals surface area contributed by atoms with E-state index in [1.807, 2.05) is 20.9 Å². The average Bonchev–Trinajstić information content (AvgIpc) is 2.85. The summed E-state index contributed by atoms with van der Waals surface area (Å²) in [5.41, 5.74) is 2.35. The highest BCUT2D eigenvalue weighted by atomic mass is 32.1. The molecular weight excluding hydrogens is 254 g/mol. The minimum absolute atomic E-state index is 0.0771. The largest absolute Gasteiger partial charge is 0.483 e. The first-order chi connectivity index (χ1) is 8.49. The predicted molar refractivity (Wildman–Crippen MR) is 66.1 cm³/mol. The van der Waals surface area contributed by atoms with Gasteiger partial charge >= 0.3 is 5.97 Å². The van der Waals surface area contributed by atoms with Crippen molar-refractivity contribution in [1.82, 2.24) is 14.8 Å². The van der Waals surface area contributed by atoms with Gasteiger partial charge in [-0.3, -0.25) is 4.68 Å². The normalized spacial score (nSPS) is 10.6. The van der Waals surface area contributed by atoms with Gasteiger partial charge < -0.3 is 9.84 Å². The van der Waals surface area contributed by atoms with Gasteiger partial charge in [0.2, 0.25) is 5.01 Å². The molecule has 0 aliphatic heterocycles. The minimum atomic E-state index is -1.01. The van der Waals surface area contributed by atoms with E-state index in [1.54, 1.807) is 10.1 Å². The Balaban J connectivity index is 2.09. The fraction of sp³-hybridized carbons (Fsp3) is 0.364. The zero-order valence-corrected chi connectivity index (χ0v) is 11.1. The Morgan fingerprint density at radius 1 is 1.56 bits per heavy atom. The maximum atomic E-state index is 10.7. The molecule has 2 aromatic heterocycles. The van der Waals surface area contributed by atoms with E-state index in [0.717, 1.165) is 28.5 Å². The van der Waals surface area contributed by atoms with Crippen molar-refractivity contribution in [1.29, 1.82) is 0 Å². The Hall–Kier alpha value is -1.89. The van der Waals surface area contributed by atoms with E-state index in [9.17, 15) is 4.79 Å². The number of aryl methyl sites for hydroxylation is 2. The van der Waals surface area contributed by atoms with Gasteiger partial charge in [-0.1, -0.05) is 0 Å². The molecule has 0 unspecified atom stereocenters. The molecule has 96 valence electrons. The molecule has 0 radical (unpaired) electrons. The fourth-order valence-electron chi connectivity index (χ4n) is 1.58. The van der Waals surface area contributed by atoms with Crippen LogP contribution in [0.2, 0.25) is 0 Å². The van der Waals surface area contributed by atoms with Crippen molar-refractivity contribution in [2.45, 2.75) is 20.5 Å². The van der Waals surface area contributed by atoms with Crippen LogP contribution in [0.1, 0.15) is 26.9 Å². The summed E-state index contributed by atoms with van der Waals surface area (Å²) < 4.78 is 7.38. The Bertz CT molecular complexity index is 588. The van der Waals surface area contributed by atoms with E-state index in [4.69, 9.17) is 9.84 Å². The molecular formula is C11H13N3O3S. The van der Waals surface area contributed by atoms with Crippen molar-refractivity contribution in [3.63, 3.8) is 0 Å². The third-order valence-electron chi connectivity index (χ3n) is 2.54. The van der Waals surface area contributed by atoms with Gasteiger partial charge in [0, 0.05) is 12.4 Å². The SMILES string of the molecule is Cc1nn(C)c(C)c1OCc1csc(C(=O)O)n1. The number of nitrogens with zero attached hydrogens (tertiary/aromatic N) is 3. The number of hydrogen-bond acceptors (Lipinski definition) is 5. The van der Waals surface area contributed by atoms with E-state index in [-0.39, 0.29) is 11.6 Å². The van der Waals surface area contributed by atoms with Crippen LogP contribution in [0.15, 0.2) is 5.38 Å². The molecule has 0 aliphatic carbocycles. The molecule has 0 saturated carbocycles. The summed E-state index contributed by atoms with van der Waals surface area (Å²) in [6.07, 6.45) is 0. The van der Waals surface area contributed by atoms with Gasteiger partial charge in [0.05, 0.1) is 11.4 Å². The quantitative estimate of drug-likeness (QED) is 0.913. The van der Waals surface area contributed by atoms with E-state index in [1.165, 1.54) is 0 Å². The van der Waals surface area contributed by atoms with Crippen molar-refractivity contribution < 1.29 is 14.6 Å². The lowest BCUT2D eigenvalue weighted by Crippen LogP contribution is -2.00. The van der Waals surface area contributed by atoms with Crippen LogP contribution in [0, 0.1) is 13.8 Å². The maximum absolute atomic E-state index is 10.7. The number of carboxylic acid groups (broad SMARTS) is 1. The molecule has 7 heteroatoms. The van der Waals surface area contributed by atoms with Gasteiger partial charge in [-0.15, -0.1) is 11.3 Å². The molecule has 0 spiro atoms. The van der Waals surface area contributed by atoms with Crippen LogP contribution in [0.25, 0.3) is 0 Å². The molecule has 0 saturated heterocycles. The summed E-state index contributed by atoms with van der Waals surface area (Å²) in [4.78, 5) is 14.7. The number of rotatable bonds is 4. The average molecular weight is 267 g/mol. The monoisotopic (exact) mass is 267 g/mol. The number of thiazole rings is 1. The standard InChI is InChI=1S/C11H13N3O3S/c1-6-9(7(2)14(3)13-6)17-4-8-5-18-10(12-8)11(15)16/h5H,4H2,1-3H3,(H,15,16). The zero-order valence-electron chi connectivity index (χ0n) is 10.3. The van der Waals surface area contributed by atoms with Gasteiger partial charge in [-0.2, -0.15) is 5.10 Å². The number of aromatic carboxylic acids is 1. The van der Waals surface area contributed by atoms with Gasteiger partial charge in [-0.05, 0) is 13.8 Å². The van der Waals surface area contributed by atoms with Crippen LogP contribution in [0.4, 0.5) is 0 Å². The summed E-state index contributed by atoms with van der Waals surface area (Å²) in [6, 6.07) is 0. The van der Waals surface area contributed by atoms with Gasteiger partial charge in [0.15, 0.2) is 5.75 Å². The minimum Gasteiger partial charge on any atom is -0.483 e. The lowest BCUT2D eigenvalue weighted by molar-refractivity contribution is 0.0696. The first-order valence-electron chi connectivity index (χ1n) is 5.29. The lowest BCUT2D eigenvalue weighted by Gasteiger charge is -2.04. The Kier molecular flexibility index (Phi) is 3.33. The molecule has 2 rings (SSSR count). The van der Waals surface area contributed by atoms with Crippen molar-refractivity contribution in [3.05, 3.63) is 27.5 Å². The molecule has 0 amide bonds. The fourth-order valence-corrected chi connectivity index (χ4v) is 2.22. The highest BCUT2D eigenvalue weighted by Gasteiger charge is 2.13. The van der Waals surface area contributed by atoms with Crippen molar-refractivity contribution >= 4 is 17.3 Å². The second-order valence-electron chi connectivity index (χ2n) is 3.86. The molecule has 0 bridgehead atoms. The van der Waals surface area contributed by atoms with E-state index < -0.39 is 5.97 Å². The Labute approximate surface area is 108 Å². The topological polar surface area (TPSA) is 77.2 Å². The molecule has 2 aromatic rings. The van der Waals surface area contributed by atoms with Gasteiger partial charge in [0.1, 0.15) is 12.3 Å². The number of aromatic nitrogens is 3. The Morgan fingerprint density at radius 2 is 2.28 bits per heavy atom. The number of ether oxygens (including phenoxy) is 1. The first kappa shape index (κ1) is 12.6. The zero-order chi connectivity index (χ0) is 13.3. The molecule has 0 fully saturated rings. The van der Waals surface area contributed by atoms with Crippen LogP contribution in [0.5, 0.6) is 5.75 Å². The second-order valence-corrected chi connectivity index (χ2v) is 4.72. The van der Waals surface area contributed by atoms with Gasteiger partial charge in [0.25, 0.3) is 0 Å². The second kappa shape index (κ2) is 4.77. The van der Waals surface area contributed by atoms with Gasteiger partial charge in [-0.25, -0.2) is 9.78 Å². The smallest absolute Gasteiger partial charge is 0.365 e. The number of hydrogen-bond donors (Lipinski definition) is 1. The first-order valence-corrected chi connectivity index (χ1v) is 6.17. The molecule has 18 heavy (non-hydrogen) atoms. The third-order valence-corrected chi connectivity index (χ3v) is 3.42. The highest BCUT2D eigenvalue weighted by Crippen LogP contribution is 2.22.